The molecular weight excluding hydrogens is 305 g/mol. The van der Waals surface area contributed by atoms with Crippen molar-refractivity contribution >= 4 is 23.4 Å². The highest BCUT2D eigenvalue weighted by Gasteiger charge is 2.34. The van der Waals surface area contributed by atoms with Gasteiger partial charge < -0.3 is 9.47 Å². The molecule has 0 spiro atoms. The number of amides is 1. The third kappa shape index (κ3) is 2.20. The van der Waals surface area contributed by atoms with Crippen molar-refractivity contribution in [1.29, 1.82) is 0 Å². The summed E-state index contributed by atoms with van der Waals surface area (Å²) >= 11 is 1.54. The highest BCUT2D eigenvalue weighted by Crippen LogP contribution is 2.44. The highest BCUT2D eigenvalue weighted by molar-refractivity contribution is 8.00. The summed E-state index contributed by atoms with van der Waals surface area (Å²) in [6, 6.07) is 11.7. The number of thioether (sulfide) groups is 1. The molecule has 2 aromatic rings. The minimum absolute atomic E-state index is 0.0132. The Labute approximate surface area is 130 Å². The third-order valence-electron chi connectivity index (χ3n) is 3.65. The van der Waals surface area contributed by atoms with Crippen LogP contribution in [0.2, 0.25) is 0 Å². The number of carbonyl (C=O) groups excluding carboxylic acids is 1. The van der Waals surface area contributed by atoms with Crippen LogP contribution in [0.3, 0.4) is 0 Å². The van der Waals surface area contributed by atoms with Crippen LogP contribution in [0.5, 0.6) is 11.5 Å². The summed E-state index contributed by atoms with van der Waals surface area (Å²) in [6.45, 7) is 0.219. The van der Waals surface area contributed by atoms with Crippen LogP contribution >= 0.6 is 11.8 Å². The van der Waals surface area contributed by atoms with E-state index in [9.17, 15) is 9.18 Å². The van der Waals surface area contributed by atoms with Crippen LogP contribution in [-0.2, 0) is 4.79 Å². The number of fused-ring (bicyclic) bond motifs is 1. The van der Waals surface area contributed by atoms with Crippen LogP contribution in [-0.4, -0.2) is 18.5 Å². The average molecular weight is 317 g/mol. The molecule has 1 amide bonds. The second kappa shape index (κ2) is 5.21. The van der Waals surface area contributed by atoms with Crippen molar-refractivity contribution < 1.29 is 18.7 Å². The first-order chi connectivity index (χ1) is 10.7. The Morgan fingerprint density at radius 3 is 2.68 bits per heavy atom. The third-order valence-corrected chi connectivity index (χ3v) is 4.87. The van der Waals surface area contributed by atoms with Gasteiger partial charge in [-0.15, -0.1) is 11.8 Å². The normalized spacial score (nSPS) is 19.8. The van der Waals surface area contributed by atoms with E-state index in [0.29, 0.717) is 22.9 Å². The van der Waals surface area contributed by atoms with Gasteiger partial charge in [0.1, 0.15) is 11.2 Å². The van der Waals surface area contributed by atoms with Gasteiger partial charge in [0.2, 0.25) is 12.7 Å². The fourth-order valence-electron chi connectivity index (χ4n) is 2.62. The van der Waals surface area contributed by atoms with E-state index in [4.69, 9.17) is 9.47 Å². The number of anilines is 1. The Hall–Kier alpha value is -2.21. The lowest BCUT2D eigenvalue weighted by molar-refractivity contribution is -0.115. The van der Waals surface area contributed by atoms with Crippen LogP contribution in [0.4, 0.5) is 10.1 Å². The molecular formula is C16H12FNO3S. The van der Waals surface area contributed by atoms with Gasteiger partial charge in [-0.3, -0.25) is 9.69 Å². The van der Waals surface area contributed by atoms with Crippen molar-refractivity contribution in [2.45, 2.75) is 5.37 Å². The molecule has 0 saturated carbocycles. The molecule has 0 N–H and O–H groups in total. The first-order valence-corrected chi connectivity index (χ1v) is 7.86. The first kappa shape index (κ1) is 13.5. The van der Waals surface area contributed by atoms with Gasteiger partial charge in [0.15, 0.2) is 11.5 Å². The zero-order valence-corrected chi connectivity index (χ0v) is 12.3. The summed E-state index contributed by atoms with van der Waals surface area (Å²) in [7, 11) is 0. The summed E-state index contributed by atoms with van der Waals surface area (Å²) in [5.41, 5.74) is 1.66. The molecule has 0 aromatic heterocycles. The van der Waals surface area contributed by atoms with E-state index in [-0.39, 0.29) is 23.9 Å². The molecule has 4 rings (SSSR count). The molecule has 2 aliphatic rings. The average Bonchev–Trinajstić information content (AvgIpc) is 3.14. The van der Waals surface area contributed by atoms with Gasteiger partial charge in [-0.05, 0) is 42.0 Å². The van der Waals surface area contributed by atoms with Crippen molar-refractivity contribution in [3.63, 3.8) is 0 Å². The molecule has 1 fully saturated rings. The number of hydrogen-bond donors (Lipinski definition) is 0. The van der Waals surface area contributed by atoms with Crippen molar-refractivity contribution in [2.24, 2.45) is 0 Å². The van der Waals surface area contributed by atoms with Gasteiger partial charge in [0, 0.05) is 5.69 Å². The number of ether oxygens (including phenoxy) is 2. The van der Waals surface area contributed by atoms with E-state index in [1.54, 1.807) is 28.8 Å². The molecule has 1 saturated heterocycles. The second-order valence-electron chi connectivity index (χ2n) is 5.02. The molecule has 0 radical (unpaired) electrons. The molecule has 22 heavy (non-hydrogen) atoms. The molecule has 4 nitrogen and oxygen atoms in total. The SMILES string of the molecule is O=C1CSC(c2ccc3c(c2)OCO3)N1c1ccc(F)cc1. The Morgan fingerprint density at radius 1 is 1.09 bits per heavy atom. The monoisotopic (exact) mass is 317 g/mol. The minimum atomic E-state index is -0.317. The lowest BCUT2D eigenvalue weighted by Crippen LogP contribution is -2.27. The Morgan fingerprint density at radius 2 is 1.86 bits per heavy atom. The summed E-state index contributed by atoms with van der Waals surface area (Å²) in [6.07, 6.45) is 0. The van der Waals surface area contributed by atoms with Crippen LogP contribution in [0.15, 0.2) is 42.5 Å². The van der Waals surface area contributed by atoms with Gasteiger partial charge >= 0.3 is 0 Å². The highest BCUT2D eigenvalue weighted by atomic mass is 32.2. The minimum Gasteiger partial charge on any atom is -0.454 e. The predicted molar refractivity (Wildman–Crippen MR) is 81.7 cm³/mol. The van der Waals surface area contributed by atoms with Gasteiger partial charge in [0.05, 0.1) is 5.75 Å². The molecule has 2 aliphatic heterocycles. The predicted octanol–water partition coefficient (Wildman–Crippen LogP) is 3.33. The Bertz CT molecular complexity index is 735. The van der Waals surface area contributed by atoms with Crippen molar-refractivity contribution in [3.8, 4) is 11.5 Å². The molecule has 1 unspecified atom stereocenters. The zero-order chi connectivity index (χ0) is 15.1. The topological polar surface area (TPSA) is 38.8 Å². The summed E-state index contributed by atoms with van der Waals surface area (Å²) in [5.74, 6) is 1.50. The van der Waals surface area contributed by atoms with Gasteiger partial charge in [0.25, 0.3) is 0 Å². The maximum Gasteiger partial charge on any atom is 0.238 e. The lowest BCUT2D eigenvalue weighted by atomic mass is 10.1. The lowest BCUT2D eigenvalue weighted by Gasteiger charge is -2.24. The van der Waals surface area contributed by atoms with E-state index in [1.807, 2.05) is 18.2 Å². The molecule has 0 bridgehead atoms. The first-order valence-electron chi connectivity index (χ1n) is 6.81. The smallest absolute Gasteiger partial charge is 0.238 e. The van der Waals surface area contributed by atoms with E-state index in [1.165, 1.54) is 12.1 Å². The maximum absolute atomic E-state index is 13.1. The summed E-state index contributed by atoms with van der Waals surface area (Å²) in [5, 5.41) is -0.146. The van der Waals surface area contributed by atoms with Gasteiger partial charge in [-0.25, -0.2) is 4.39 Å². The largest absolute Gasteiger partial charge is 0.454 e. The number of carbonyl (C=O) groups is 1. The molecule has 1 atom stereocenters. The van der Waals surface area contributed by atoms with E-state index < -0.39 is 0 Å². The van der Waals surface area contributed by atoms with Gasteiger partial charge in [-0.2, -0.15) is 0 Å². The zero-order valence-electron chi connectivity index (χ0n) is 11.5. The number of hydrogen-bond acceptors (Lipinski definition) is 4. The quantitative estimate of drug-likeness (QED) is 0.851. The van der Waals surface area contributed by atoms with Crippen molar-refractivity contribution in [2.75, 3.05) is 17.4 Å². The molecule has 6 heteroatoms. The fraction of sp³-hybridized carbons (Fsp3) is 0.188. The second-order valence-corrected chi connectivity index (χ2v) is 6.08. The van der Waals surface area contributed by atoms with E-state index >= 15 is 0 Å². The van der Waals surface area contributed by atoms with E-state index in [2.05, 4.69) is 0 Å². The van der Waals surface area contributed by atoms with Crippen molar-refractivity contribution in [3.05, 3.63) is 53.8 Å². The Balaban J connectivity index is 1.71. The van der Waals surface area contributed by atoms with Crippen LogP contribution in [0.1, 0.15) is 10.9 Å². The standard InChI is InChI=1S/C16H12FNO3S/c17-11-2-4-12(5-3-11)18-15(19)8-22-16(18)10-1-6-13-14(7-10)21-9-20-13/h1-7,16H,8-9H2. The van der Waals surface area contributed by atoms with Crippen LogP contribution < -0.4 is 14.4 Å². The number of halogens is 1. The molecule has 2 aromatic carbocycles. The van der Waals surface area contributed by atoms with Gasteiger partial charge in [-0.1, -0.05) is 6.07 Å². The van der Waals surface area contributed by atoms with E-state index in [0.717, 1.165) is 5.56 Å². The number of benzene rings is 2. The molecule has 2 heterocycles. The molecule has 0 aliphatic carbocycles. The summed E-state index contributed by atoms with van der Waals surface area (Å²) < 4.78 is 23.8. The molecule has 112 valence electrons. The maximum atomic E-state index is 13.1. The fourth-order valence-corrected chi connectivity index (χ4v) is 3.79. The van der Waals surface area contributed by atoms with Crippen molar-refractivity contribution in [1.82, 2.24) is 0 Å². The van der Waals surface area contributed by atoms with Crippen LogP contribution in [0.25, 0.3) is 0 Å². The Kier molecular flexibility index (Phi) is 3.18. The number of rotatable bonds is 2. The van der Waals surface area contributed by atoms with Crippen LogP contribution in [0, 0.1) is 5.82 Å². The number of nitrogens with zero attached hydrogens (tertiary/aromatic N) is 1. The summed E-state index contributed by atoms with van der Waals surface area (Å²) in [4.78, 5) is 13.9.